The average Bonchev–Trinajstić information content (AvgIpc) is 2.55. The molecule has 0 aliphatic rings. The molecule has 130 valence electrons. The first-order chi connectivity index (χ1) is 11.5. The second-order valence-corrected chi connectivity index (χ2v) is 6.59. The number of benzene rings is 2. The van der Waals surface area contributed by atoms with Gasteiger partial charge in [0.1, 0.15) is 12.4 Å². The summed E-state index contributed by atoms with van der Waals surface area (Å²) in [6.07, 6.45) is 0. The van der Waals surface area contributed by atoms with Crippen molar-refractivity contribution in [3.63, 3.8) is 0 Å². The Labute approximate surface area is 151 Å². The molecule has 0 saturated heterocycles. The molecular weight excluding hydrogens is 373 g/mol. The van der Waals surface area contributed by atoms with Gasteiger partial charge in [0.25, 0.3) is 0 Å². The van der Waals surface area contributed by atoms with E-state index in [1.54, 1.807) is 18.2 Å². The van der Waals surface area contributed by atoms with Crippen LogP contribution in [-0.2, 0) is 13.2 Å². The third-order valence-electron chi connectivity index (χ3n) is 3.45. The predicted octanol–water partition coefficient (Wildman–Crippen LogP) is 5.06. The molecule has 0 bridgehead atoms. The van der Waals surface area contributed by atoms with Crippen LogP contribution in [0.1, 0.15) is 31.9 Å². The van der Waals surface area contributed by atoms with Crippen LogP contribution in [0.15, 0.2) is 40.9 Å². The van der Waals surface area contributed by atoms with Crippen molar-refractivity contribution in [2.24, 2.45) is 0 Å². The molecule has 0 aromatic heterocycles. The minimum Gasteiger partial charge on any atom is -0.490 e. The summed E-state index contributed by atoms with van der Waals surface area (Å²) < 4.78 is 26.2. The Balaban J connectivity index is 2.18. The highest BCUT2D eigenvalue weighted by atomic mass is 79.9. The van der Waals surface area contributed by atoms with Crippen molar-refractivity contribution in [2.75, 3.05) is 6.61 Å². The van der Waals surface area contributed by atoms with Gasteiger partial charge in [-0.15, -0.1) is 0 Å². The molecule has 3 nitrogen and oxygen atoms in total. The van der Waals surface area contributed by atoms with Gasteiger partial charge >= 0.3 is 0 Å². The summed E-state index contributed by atoms with van der Waals surface area (Å²) >= 11 is 3.57. The van der Waals surface area contributed by atoms with Gasteiger partial charge in [-0.1, -0.05) is 48.0 Å². The molecule has 1 N–H and O–H groups in total. The van der Waals surface area contributed by atoms with Gasteiger partial charge in [0, 0.05) is 22.6 Å². The van der Waals surface area contributed by atoms with Crippen molar-refractivity contribution >= 4 is 15.9 Å². The number of ether oxygens (including phenoxy) is 2. The van der Waals surface area contributed by atoms with Crippen molar-refractivity contribution in [1.29, 1.82) is 0 Å². The summed E-state index contributed by atoms with van der Waals surface area (Å²) in [7, 11) is 0. The molecule has 24 heavy (non-hydrogen) atoms. The number of hydrogen-bond acceptors (Lipinski definition) is 3. The smallest absolute Gasteiger partial charge is 0.162 e. The van der Waals surface area contributed by atoms with Gasteiger partial charge in [-0.3, -0.25) is 0 Å². The molecule has 0 aliphatic carbocycles. The molecule has 0 aliphatic heterocycles. The van der Waals surface area contributed by atoms with Crippen LogP contribution in [0.5, 0.6) is 11.5 Å². The molecular formula is C19H23BrFNO2. The van der Waals surface area contributed by atoms with E-state index in [1.165, 1.54) is 6.07 Å². The van der Waals surface area contributed by atoms with E-state index in [-0.39, 0.29) is 12.4 Å². The Bertz CT molecular complexity index is 676. The second kappa shape index (κ2) is 9.04. The summed E-state index contributed by atoms with van der Waals surface area (Å²) in [6.45, 7) is 7.55. The fraction of sp³-hybridized carbons (Fsp3) is 0.368. The topological polar surface area (TPSA) is 30.5 Å². The van der Waals surface area contributed by atoms with Crippen LogP contribution in [0.4, 0.5) is 4.39 Å². The van der Waals surface area contributed by atoms with Crippen LogP contribution < -0.4 is 14.8 Å². The highest BCUT2D eigenvalue weighted by Gasteiger charge is 2.12. The zero-order valence-electron chi connectivity index (χ0n) is 14.2. The van der Waals surface area contributed by atoms with Crippen molar-refractivity contribution in [1.82, 2.24) is 5.32 Å². The van der Waals surface area contributed by atoms with Gasteiger partial charge in [-0.25, -0.2) is 4.39 Å². The maximum absolute atomic E-state index is 13.7. The lowest BCUT2D eigenvalue weighted by atomic mass is 10.2. The number of nitrogens with one attached hydrogen (secondary N) is 1. The molecule has 0 fully saturated rings. The minimum absolute atomic E-state index is 0.156. The summed E-state index contributed by atoms with van der Waals surface area (Å²) in [5, 5.41) is 3.38. The fourth-order valence-corrected chi connectivity index (χ4v) is 2.64. The fourth-order valence-electron chi connectivity index (χ4n) is 2.18. The van der Waals surface area contributed by atoms with Crippen LogP contribution >= 0.6 is 15.9 Å². The van der Waals surface area contributed by atoms with Crippen molar-refractivity contribution in [2.45, 2.75) is 40.0 Å². The van der Waals surface area contributed by atoms with Gasteiger partial charge in [0.05, 0.1) is 6.61 Å². The van der Waals surface area contributed by atoms with Crippen molar-refractivity contribution in [3.05, 3.63) is 57.8 Å². The highest BCUT2D eigenvalue weighted by molar-refractivity contribution is 9.10. The van der Waals surface area contributed by atoms with Crippen LogP contribution in [0, 0.1) is 5.82 Å². The Morgan fingerprint density at radius 3 is 2.46 bits per heavy atom. The van der Waals surface area contributed by atoms with Crippen LogP contribution in [0.25, 0.3) is 0 Å². The number of hydrogen-bond donors (Lipinski definition) is 1. The first-order valence-electron chi connectivity index (χ1n) is 8.06. The van der Waals surface area contributed by atoms with Crippen molar-refractivity contribution in [3.8, 4) is 11.5 Å². The summed E-state index contributed by atoms with van der Waals surface area (Å²) in [5.41, 5.74) is 1.60. The third kappa shape index (κ3) is 5.21. The molecule has 2 aromatic rings. The predicted molar refractivity (Wildman–Crippen MR) is 98.0 cm³/mol. The average molecular weight is 396 g/mol. The SMILES string of the molecule is CCOc1cc(CNC(C)C)c(Br)cc1OCc1ccccc1F. The molecule has 0 unspecified atom stereocenters. The van der Waals surface area contributed by atoms with E-state index < -0.39 is 0 Å². The van der Waals surface area contributed by atoms with Gasteiger partial charge in [-0.05, 0) is 30.7 Å². The molecule has 0 saturated carbocycles. The lowest BCUT2D eigenvalue weighted by molar-refractivity contribution is 0.265. The summed E-state index contributed by atoms with van der Waals surface area (Å²) in [6, 6.07) is 10.8. The van der Waals surface area contributed by atoms with E-state index in [1.807, 2.05) is 19.1 Å². The van der Waals surface area contributed by atoms with E-state index in [4.69, 9.17) is 9.47 Å². The highest BCUT2D eigenvalue weighted by Crippen LogP contribution is 2.34. The van der Waals surface area contributed by atoms with E-state index in [2.05, 4.69) is 35.1 Å². The maximum Gasteiger partial charge on any atom is 0.162 e. The molecule has 0 radical (unpaired) electrons. The Hall–Kier alpha value is -1.59. The van der Waals surface area contributed by atoms with Gasteiger partial charge in [0.15, 0.2) is 11.5 Å². The van der Waals surface area contributed by atoms with Gasteiger partial charge in [0.2, 0.25) is 0 Å². The lowest BCUT2D eigenvalue weighted by Crippen LogP contribution is -2.22. The molecule has 0 atom stereocenters. The summed E-state index contributed by atoms with van der Waals surface area (Å²) in [4.78, 5) is 0. The van der Waals surface area contributed by atoms with Crippen molar-refractivity contribution < 1.29 is 13.9 Å². The second-order valence-electron chi connectivity index (χ2n) is 5.74. The Morgan fingerprint density at radius 1 is 1.08 bits per heavy atom. The zero-order valence-corrected chi connectivity index (χ0v) is 15.8. The molecule has 0 spiro atoms. The first kappa shape index (κ1) is 18.7. The monoisotopic (exact) mass is 395 g/mol. The first-order valence-corrected chi connectivity index (χ1v) is 8.85. The van der Waals surface area contributed by atoms with Crippen LogP contribution in [0.2, 0.25) is 0 Å². The third-order valence-corrected chi connectivity index (χ3v) is 4.19. The standard InChI is InChI=1S/C19H23BrFNO2/c1-4-23-18-9-15(11-22-13(2)3)16(20)10-19(18)24-12-14-7-5-6-8-17(14)21/h5-10,13,22H,4,11-12H2,1-3H3. The van der Waals surface area contributed by atoms with Crippen LogP contribution in [0.3, 0.4) is 0 Å². The molecule has 0 heterocycles. The largest absolute Gasteiger partial charge is 0.490 e. The van der Waals surface area contributed by atoms with Gasteiger partial charge < -0.3 is 14.8 Å². The lowest BCUT2D eigenvalue weighted by Gasteiger charge is -2.16. The number of halogens is 2. The van der Waals surface area contributed by atoms with Gasteiger partial charge in [-0.2, -0.15) is 0 Å². The molecule has 2 rings (SSSR count). The summed E-state index contributed by atoms with van der Waals surface area (Å²) in [5.74, 6) is 0.991. The normalized spacial score (nSPS) is 10.9. The Kier molecular flexibility index (Phi) is 7.06. The Morgan fingerprint density at radius 2 is 1.79 bits per heavy atom. The van der Waals surface area contributed by atoms with E-state index >= 15 is 0 Å². The molecule has 0 amide bonds. The number of rotatable bonds is 8. The van der Waals surface area contributed by atoms with Crippen LogP contribution in [-0.4, -0.2) is 12.6 Å². The van der Waals surface area contributed by atoms with E-state index in [0.717, 1.165) is 16.6 Å². The quantitative estimate of drug-likeness (QED) is 0.676. The molecule has 2 aromatic carbocycles. The zero-order chi connectivity index (χ0) is 17.5. The minimum atomic E-state index is -0.271. The maximum atomic E-state index is 13.7. The van der Waals surface area contributed by atoms with E-state index in [0.29, 0.717) is 29.7 Å². The molecule has 5 heteroatoms. The van der Waals surface area contributed by atoms with E-state index in [9.17, 15) is 4.39 Å².